The molecule has 0 radical (unpaired) electrons. The standard InChI is InChI=1S/C15H11Cl2FN2O3/c16-15(17,20(22)23)13(10-6-8-12(18)9-7-10)19-14(21)11-4-2-1-3-5-11/h1-9,13H,(H,19,21). The second-order valence-electron chi connectivity index (χ2n) is 4.67. The molecule has 0 heterocycles. The van der Waals surface area contributed by atoms with E-state index in [-0.39, 0.29) is 11.1 Å². The molecule has 0 aromatic heterocycles. The molecule has 0 aliphatic heterocycles. The van der Waals surface area contributed by atoms with E-state index >= 15 is 0 Å². The number of carbonyl (C=O) groups is 1. The summed E-state index contributed by atoms with van der Waals surface area (Å²) >= 11 is 11.6. The second kappa shape index (κ2) is 6.93. The van der Waals surface area contributed by atoms with Gasteiger partial charge in [0.1, 0.15) is 5.82 Å². The van der Waals surface area contributed by atoms with Gasteiger partial charge in [0.25, 0.3) is 5.91 Å². The largest absolute Gasteiger partial charge is 0.394 e. The van der Waals surface area contributed by atoms with E-state index in [4.69, 9.17) is 23.2 Å². The third-order valence-electron chi connectivity index (χ3n) is 3.11. The molecule has 1 N–H and O–H groups in total. The lowest BCUT2D eigenvalue weighted by atomic mass is 10.1. The maximum absolute atomic E-state index is 13.0. The van der Waals surface area contributed by atoms with Crippen molar-refractivity contribution in [3.05, 3.63) is 81.7 Å². The van der Waals surface area contributed by atoms with E-state index in [0.717, 1.165) is 12.1 Å². The number of hydrogen-bond acceptors (Lipinski definition) is 3. The molecule has 0 saturated heterocycles. The van der Waals surface area contributed by atoms with E-state index in [9.17, 15) is 19.3 Å². The Hall–Kier alpha value is -2.18. The number of halogens is 3. The van der Waals surface area contributed by atoms with Gasteiger partial charge < -0.3 is 5.32 Å². The number of benzene rings is 2. The fraction of sp³-hybridized carbons (Fsp3) is 0.133. The number of rotatable bonds is 5. The fourth-order valence-electron chi connectivity index (χ4n) is 1.94. The fourth-order valence-corrected chi connectivity index (χ4v) is 2.30. The number of nitrogens with zero attached hydrogens (tertiary/aromatic N) is 1. The molecule has 1 unspecified atom stereocenters. The highest BCUT2D eigenvalue weighted by Crippen LogP contribution is 2.36. The van der Waals surface area contributed by atoms with Gasteiger partial charge >= 0.3 is 4.46 Å². The van der Waals surface area contributed by atoms with Crippen LogP contribution in [0.5, 0.6) is 0 Å². The van der Waals surface area contributed by atoms with Gasteiger partial charge in [-0.2, -0.15) is 0 Å². The van der Waals surface area contributed by atoms with Crippen LogP contribution in [0.4, 0.5) is 4.39 Å². The van der Waals surface area contributed by atoms with Crippen molar-refractivity contribution in [3.63, 3.8) is 0 Å². The molecule has 1 amide bonds. The Bertz CT molecular complexity index is 708. The van der Waals surface area contributed by atoms with Crippen LogP contribution in [-0.2, 0) is 0 Å². The Labute approximate surface area is 141 Å². The van der Waals surface area contributed by atoms with Crippen LogP contribution in [0.25, 0.3) is 0 Å². The zero-order valence-corrected chi connectivity index (χ0v) is 13.1. The topological polar surface area (TPSA) is 72.2 Å². The third kappa shape index (κ3) is 3.97. The first-order valence-electron chi connectivity index (χ1n) is 6.46. The summed E-state index contributed by atoms with van der Waals surface area (Å²) in [6.07, 6.45) is 0. The average molecular weight is 357 g/mol. The summed E-state index contributed by atoms with van der Waals surface area (Å²) in [5.74, 6) is -1.12. The van der Waals surface area contributed by atoms with Gasteiger partial charge in [0, 0.05) is 5.56 Å². The number of nitro groups is 1. The molecule has 2 aromatic carbocycles. The minimum absolute atomic E-state index is 0.206. The number of carbonyl (C=O) groups excluding carboxylic acids is 1. The zero-order valence-electron chi connectivity index (χ0n) is 11.6. The molecule has 2 rings (SSSR count). The lowest BCUT2D eigenvalue weighted by Crippen LogP contribution is -2.43. The van der Waals surface area contributed by atoms with E-state index in [1.165, 1.54) is 24.3 Å². The lowest BCUT2D eigenvalue weighted by Gasteiger charge is -2.24. The number of amides is 1. The molecule has 0 aliphatic rings. The summed E-state index contributed by atoms with van der Waals surface area (Å²) in [6, 6.07) is 11.5. The van der Waals surface area contributed by atoms with Crippen LogP contribution < -0.4 is 5.32 Å². The summed E-state index contributed by atoms with van der Waals surface area (Å²) in [6.45, 7) is 0. The van der Waals surface area contributed by atoms with Gasteiger partial charge in [0.15, 0.2) is 6.04 Å². The highest BCUT2D eigenvalue weighted by Gasteiger charge is 2.49. The maximum atomic E-state index is 13.0. The zero-order chi connectivity index (χ0) is 17.0. The predicted molar refractivity (Wildman–Crippen MR) is 84.5 cm³/mol. The van der Waals surface area contributed by atoms with Gasteiger partial charge in [-0.25, -0.2) is 4.39 Å². The highest BCUT2D eigenvalue weighted by molar-refractivity contribution is 6.47. The number of hydrogen-bond donors (Lipinski definition) is 1. The van der Waals surface area contributed by atoms with E-state index in [1.807, 2.05) is 0 Å². The van der Waals surface area contributed by atoms with Gasteiger partial charge in [0.05, 0.1) is 4.92 Å². The van der Waals surface area contributed by atoms with Crippen molar-refractivity contribution in [1.29, 1.82) is 0 Å². The Morgan fingerprint density at radius 3 is 2.22 bits per heavy atom. The summed E-state index contributed by atoms with van der Waals surface area (Å²) in [7, 11) is 0. The molecule has 120 valence electrons. The molecule has 2 aromatic rings. The summed E-state index contributed by atoms with van der Waals surface area (Å²) in [4.78, 5) is 22.5. The number of alkyl halides is 2. The highest BCUT2D eigenvalue weighted by atomic mass is 35.5. The smallest absolute Gasteiger partial charge is 0.336 e. The van der Waals surface area contributed by atoms with Crippen LogP contribution >= 0.6 is 23.2 Å². The normalized spacial score (nSPS) is 12.5. The van der Waals surface area contributed by atoms with Crippen LogP contribution in [0.1, 0.15) is 22.0 Å². The van der Waals surface area contributed by atoms with Crippen molar-refractivity contribution < 1.29 is 14.1 Å². The molecular weight excluding hydrogens is 346 g/mol. The molecule has 8 heteroatoms. The molecular formula is C15H11Cl2FN2O3. The average Bonchev–Trinajstić information content (AvgIpc) is 2.54. The minimum Gasteiger partial charge on any atom is -0.336 e. The van der Waals surface area contributed by atoms with E-state index in [0.29, 0.717) is 0 Å². The van der Waals surface area contributed by atoms with Crippen LogP contribution in [0, 0.1) is 15.9 Å². The molecule has 0 aliphatic carbocycles. The number of nitrogens with one attached hydrogen (secondary N) is 1. The minimum atomic E-state index is -2.51. The SMILES string of the molecule is O=C(NC(c1ccc(F)cc1)C(Cl)(Cl)[N+](=O)[O-])c1ccccc1. The molecule has 23 heavy (non-hydrogen) atoms. The van der Waals surface area contributed by atoms with Crippen LogP contribution in [0.2, 0.25) is 0 Å². The van der Waals surface area contributed by atoms with Gasteiger partial charge in [0.2, 0.25) is 0 Å². The molecule has 0 fully saturated rings. The second-order valence-corrected chi connectivity index (χ2v) is 6.01. The van der Waals surface area contributed by atoms with Crippen molar-refractivity contribution in [3.8, 4) is 0 Å². The van der Waals surface area contributed by atoms with Crippen LogP contribution in [-0.4, -0.2) is 15.3 Å². The maximum Gasteiger partial charge on any atom is 0.394 e. The quantitative estimate of drug-likeness (QED) is 0.384. The van der Waals surface area contributed by atoms with Gasteiger partial charge in [-0.1, -0.05) is 30.3 Å². The predicted octanol–water partition coefficient (Wildman–Crippen LogP) is 3.70. The van der Waals surface area contributed by atoms with E-state index in [2.05, 4.69) is 5.32 Å². The van der Waals surface area contributed by atoms with Gasteiger partial charge in [-0.05, 0) is 53.0 Å². The Morgan fingerprint density at radius 1 is 1.13 bits per heavy atom. The molecule has 0 saturated carbocycles. The first kappa shape index (κ1) is 17.2. The first-order chi connectivity index (χ1) is 10.8. The summed E-state index contributed by atoms with van der Waals surface area (Å²) < 4.78 is 10.5. The van der Waals surface area contributed by atoms with E-state index in [1.54, 1.807) is 18.2 Å². The van der Waals surface area contributed by atoms with Crippen molar-refractivity contribution in [1.82, 2.24) is 5.32 Å². The van der Waals surface area contributed by atoms with Crippen molar-refractivity contribution in [2.24, 2.45) is 0 Å². The third-order valence-corrected chi connectivity index (χ3v) is 3.82. The van der Waals surface area contributed by atoms with Crippen molar-refractivity contribution in [2.45, 2.75) is 10.5 Å². The Kier molecular flexibility index (Phi) is 5.18. The summed E-state index contributed by atoms with van der Waals surface area (Å²) in [5, 5.41) is 13.6. The molecule has 5 nitrogen and oxygen atoms in total. The Balaban J connectivity index is 2.36. The molecule has 1 atom stereocenters. The van der Waals surface area contributed by atoms with Crippen LogP contribution in [0.3, 0.4) is 0 Å². The van der Waals surface area contributed by atoms with Crippen molar-refractivity contribution >= 4 is 29.1 Å². The van der Waals surface area contributed by atoms with Gasteiger partial charge in [-0.3, -0.25) is 14.9 Å². The summed E-state index contributed by atoms with van der Waals surface area (Å²) in [5.41, 5.74) is 0.490. The van der Waals surface area contributed by atoms with Crippen LogP contribution in [0.15, 0.2) is 54.6 Å². The molecule has 0 spiro atoms. The van der Waals surface area contributed by atoms with Crippen molar-refractivity contribution in [2.75, 3.05) is 0 Å². The van der Waals surface area contributed by atoms with Gasteiger partial charge in [-0.15, -0.1) is 0 Å². The monoisotopic (exact) mass is 356 g/mol. The van der Waals surface area contributed by atoms with E-state index < -0.39 is 27.1 Å². The lowest BCUT2D eigenvalue weighted by molar-refractivity contribution is -0.521. The first-order valence-corrected chi connectivity index (χ1v) is 7.21. The molecule has 0 bridgehead atoms. The Morgan fingerprint density at radius 2 is 1.70 bits per heavy atom.